The molecule has 0 aliphatic carbocycles. The summed E-state index contributed by atoms with van der Waals surface area (Å²) >= 11 is 0. The third-order valence-corrected chi connectivity index (χ3v) is 8.19. The smallest absolute Gasteiger partial charge is 0.242 e. The van der Waals surface area contributed by atoms with E-state index in [9.17, 15) is 18.0 Å². The van der Waals surface area contributed by atoms with E-state index in [1.165, 1.54) is 6.20 Å². The number of para-hydroxylation sites is 1. The van der Waals surface area contributed by atoms with Crippen molar-refractivity contribution in [3.05, 3.63) is 72.9 Å². The van der Waals surface area contributed by atoms with Gasteiger partial charge in [0.05, 0.1) is 17.1 Å². The minimum Gasteiger partial charge on any atom is -0.372 e. The van der Waals surface area contributed by atoms with Crippen molar-refractivity contribution in [1.82, 2.24) is 9.47 Å². The number of morpholine rings is 1. The van der Waals surface area contributed by atoms with Gasteiger partial charge in [0.2, 0.25) is 11.8 Å². The van der Waals surface area contributed by atoms with E-state index in [0.29, 0.717) is 29.7 Å². The fourth-order valence-corrected chi connectivity index (χ4v) is 6.36. The molecular formula is C28H29N3O5S. The van der Waals surface area contributed by atoms with E-state index in [0.717, 1.165) is 10.8 Å². The van der Waals surface area contributed by atoms with Crippen LogP contribution in [0.2, 0.25) is 0 Å². The molecule has 4 aromatic rings. The van der Waals surface area contributed by atoms with E-state index in [4.69, 9.17) is 4.74 Å². The number of sulfone groups is 1. The van der Waals surface area contributed by atoms with Crippen LogP contribution in [-0.4, -0.2) is 60.7 Å². The molecule has 1 aromatic heterocycles. The molecule has 9 heteroatoms. The SMILES string of the molecule is CC1CN(C(=O)Cn2cc(S(=O)(=O)CC(=O)Nc3cccc4ccccc34)c3ccccc32)CC(C)O1. The van der Waals surface area contributed by atoms with Gasteiger partial charge in [-0.1, -0.05) is 54.6 Å². The van der Waals surface area contributed by atoms with Crippen molar-refractivity contribution in [2.45, 2.75) is 37.5 Å². The first kappa shape index (κ1) is 25.0. The van der Waals surface area contributed by atoms with Crippen LogP contribution in [-0.2, 0) is 30.7 Å². The largest absolute Gasteiger partial charge is 0.372 e. The van der Waals surface area contributed by atoms with Crippen molar-refractivity contribution in [2.24, 2.45) is 0 Å². The van der Waals surface area contributed by atoms with Gasteiger partial charge in [-0.05, 0) is 31.4 Å². The number of nitrogens with zero attached hydrogens (tertiary/aromatic N) is 2. The fraction of sp³-hybridized carbons (Fsp3) is 0.286. The monoisotopic (exact) mass is 519 g/mol. The minimum absolute atomic E-state index is 0.00231. The van der Waals surface area contributed by atoms with Gasteiger partial charge in [-0.25, -0.2) is 8.42 Å². The third kappa shape index (κ3) is 5.23. The highest BCUT2D eigenvalue weighted by Crippen LogP contribution is 2.28. The van der Waals surface area contributed by atoms with Gasteiger partial charge in [-0.15, -0.1) is 0 Å². The molecule has 0 bridgehead atoms. The third-order valence-electron chi connectivity index (χ3n) is 6.55. The van der Waals surface area contributed by atoms with Crippen LogP contribution in [0.1, 0.15) is 13.8 Å². The number of nitrogens with one attached hydrogen (secondary N) is 1. The Morgan fingerprint density at radius 1 is 0.919 bits per heavy atom. The summed E-state index contributed by atoms with van der Waals surface area (Å²) in [7, 11) is -3.99. The molecule has 0 saturated carbocycles. The molecule has 1 saturated heterocycles. The van der Waals surface area contributed by atoms with Crippen LogP contribution in [0, 0.1) is 0 Å². The van der Waals surface area contributed by atoms with Crippen LogP contribution >= 0.6 is 0 Å². The fourth-order valence-electron chi connectivity index (χ4n) is 4.99. The van der Waals surface area contributed by atoms with Gasteiger partial charge in [0.15, 0.2) is 9.84 Å². The molecule has 1 aliphatic heterocycles. The summed E-state index contributed by atoms with van der Waals surface area (Å²) in [5, 5.41) is 5.01. The van der Waals surface area contributed by atoms with Crippen molar-refractivity contribution in [3.8, 4) is 0 Å². The summed E-state index contributed by atoms with van der Waals surface area (Å²) < 4.78 is 34.2. The molecular weight excluding hydrogens is 490 g/mol. The Morgan fingerprint density at radius 3 is 2.32 bits per heavy atom. The van der Waals surface area contributed by atoms with Crippen LogP contribution in [0.3, 0.4) is 0 Å². The molecule has 2 amide bonds. The second-order valence-corrected chi connectivity index (χ2v) is 11.5. The molecule has 8 nitrogen and oxygen atoms in total. The highest BCUT2D eigenvalue weighted by atomic mass is 32.2. The zero-order valence-corrected chi connectivity index (χ0v) is 21.6. The molecule has 5 rings (SSSR count). The van der Waals surface area contributed by atoms with E-state index in [-0.39, 0.29) is 29.6 Å². The Hall–Kier alpha value is -3.69. The number of hydrogen-bond donors (Lipinski definition) is 1. The maximum Gasteiger partial charge on any atom is 0.242 e. The van der Waals surface area contributed by atoms with Crippen LogP contribution in [0.4, 0.5) is 5.69 Å². The molecule has 3 aromatic carbocycles. The first-order valence-corrected chi connectivity index (χ1v) is 13.9. The molecule has 2 atom stereocenters. The molecule has 2 heterocycles. The Bertz CT molecular complexity index is 1580. The summed E-state index contributed by atoms with van der Waals surface area (Å²) in [4.78, 5) is 27.7. The number of carbonyl (C=O) groups excluding carboxylic acids is 2. The number of aromatic nitrogens is 1. The molecule has 2 unspecified atom stereocenters. The topological polar surface area (TPSA) is 97.7 Å². The number of fused-ring (bicyclic) bond motifs is 2. The van der Waals surface area contributed by atoms with Crippen molar-refractivity contribution >= 4 is 49.0 Å². The number of hydrogen-bond acceptors (Lipinski definition) is 5. The average molecular weight is 520 g/mol. The van der Waals surface area contributed by atoms with Gasteiger partial charge in [-0.3, -0.25) is 9.59 Å². The lowest BCUT2D eigenvalue weighted by molar-refractivity contribution is -0.143. The Kier molecular flexibility index (Phi) is 6.74. The van der Waals surface area contributed by atoms with Gasteiger partial charge in [0.1, 0.15) is 12.3 Å². The number of rotatable bonds is 6. The number of carbonyl (C=O) groups is 2. The van der Waals surface area contributed by atoms with E-state index >= 15 is 0 Å². The van der Waals surface area contributed by atoms with Gasteiger partial charge >= 0.3 is 0 Å². The van der Waals surface area contributed by atoms with Crippen molar-refractivity contribution < 1.29 is 22.7 Å². The number of benzene rings is 3. The normalized spacial score (nSPS) is 18.3. The van der Waals surface area contributed by atoms with Gasteiger partial charge in [0, 0.05) is 41.3 Å². The van der Waals surface area contributed by atoms with Crippen molar-refractivity contribution in [2.75, 3.05) is 24.2 Å². The highest BCUT2D eigenvalue weighted by Gasteiger charge is 2.28. The molecule has 1 N–H and O–H groups in total. The van der Waals surface area contributed by atoms with E-state index in [1.807, 2.05) is 50.2 Å². The van der Waals surface area contributed by atoms with Crippen LogP contribution in [0.15, 0.2) is 77.8 Å². The Morgan fingerprint density at radius 2 is 1.57 bits per heavy atom. The second kappa shape index (κ2) is 9.99. The first-order chi connectivity index (χ1) is 17.7. The minimum atomic E-state index is -3.99. The summed E-state index contributed by atoms with van der Waals surface area (Å²) in [5.41, 5.74) is 1.18. The zero-order valence-electron chi connectivity index (χ0n) is 20.8. The number of ether oxygens (including phenoxy) is 1. The van der Waals surface area contributed by atoms with E-state index in [2.05, 4.69) is 5.32 Å². The molecule has 1 aliphatic rings. The summed E-state index contributed by atoms with van der Waals surface area (Å²) in [6, 6.07) is 20.1. The standard InChI is InChI=1S/C28H29N3O5S/c1-19-14-31(15-20(2)36-19)28(33)17-30-16-26(23-11-5-6-13-25(23)30)37(34,35)18-27(32)29-24-12-7-9-21-8-3-4-10-22(21)24/h3-13,16,19-20H,14-15,17-18H2,1-2H3,(H,29,32). The Labute approximate surface area is 215 Å². The summed E-state index contributed by atoms with van der Waals surface area (Å²) in [5.74, 6) is -1.45. The highest BCUT2D eigenvalue weighted by molar-refractivity contribution is 7.92. The molecule has 0 spiro atoms. The lowest BCUT2D eigenvalue weighted by Gasteiger charge is -2.35. The predicted octanol–water partition coefficient (Wildman–Crippen LogP) is 3.84. The number of anilines is 1. The second-order valence-electron chi connectivity index (χ2n) is 9.53. The van der Waals surface area contributed by atoms with Gasteiger partial charge < -0.3 is 19.5 Å². The van der Waals surface area contributed by atoms with Crippen LogP contribution in [0.5, 0.6) is 0 Å². The maximum absolute atomic E-state index is 13.4. The van der Waals surface area contributed by atoms with Crippen LogP contribution < -0.4 is 5.32 Å². The number of amides is 2. The van der Waals surface area contributed by atoms with Crippen LogP contribution in [0.25, 0.3) is 21.7 Å². The average Bonchev–Trinajstić information content (AvgIpc) is 3.23. The molecule has 1 fully saturated rings. The van der Waals surface area contributed by atoms with Gasteiger partial charge in [0.25, 0.3) is 0 Å². The van der Waals surface area contributed by atoms with Gasteiger partial charge in [-0.2, -0.15) is 0 Å². The van der Waals surface area contributed by atoms with Crippen molar-refractivity contribution in [1.29, 1.82) is 0 Å². The van der Waals surface area contributed by atoms with Crippen molar-refractivity contribution in [3.63, 3.8) is 0 Å². The predicted molar refractivity (Wildman–Crippen MR) is 143 cm³/mol. The maximum atomic E-state index is 13.4. The summed E-state index contributed by atoms with van der Waals surface area (Å²) in [6.45, 7) is 4.82. The Balaban J connectivity index is 1.39. The zero-order chi connectivity index (χ0) is 26.2. The lowest BCUT2D eigenvalue weighted by Crippen LogP contribution is -2.49. The molecule has 0 radical (unpaired) electrons. The summed E-state index contributed by atoms with van der Waals surface area (Å²) in [6.07, 6.45) is 1.34. The molecule has 192 valence electrons. The first-order valence-electron chi connectivity index (χ1n) is 12.2. The quantitative estimate of drug-likeness (QED) is 0.417. The molecule has 37 heavy (non-hydrogen) atoms. The lowest BCUT2D eigenvalue weighted by atomic mass is 10.1. The van der Waals surface area contributed by atoms with E-state index in [1.54, 1.807) is 39.8 Å². The van der Waals surface area contributed by atoms with E-state index < -0.39 is 21.5 Å².